The van der Waals surface area contributed by atoms with Gasteiger partial charge in [-0.05, 0) is 30.2 Å². The van der Waals surface area contributed by atoms with E-state index in [1.807, 2.05) is 30.3 Å². The van der Waals surface area contributed by atoms with Crippen LogP contribution in [0.25, 0.3) is 0 Å². The van der Waals surface area contributed by atoms with Crippen molar-refractivity contribution < 1.29 is 27.2 Å². The summed E-state index contributed by atoms with van der Waals surface area (Å²) in [6, 6.07) is 15.7. The molecule has 2 aromatic carbocycles. The van der Waals surface area contributed by atoms with Gasteiger partial charge in [-0.1, -0.05) is 36.9 Å². The Labute approximate surface area is 203 Å². The fourth-order valence-electron chi connectivity index (χ4n) is 3.77. The second-order valence-corrected chi connectivity index (χ2v) is 9.83. The molecule has 2 amide bonds. The second kappa shape index (κ2) is 10.2. The number of carbonyl (C=O) groups excluding carboxylic acids is 2. The van der Waals surface area contributed by atoms with E-state index in [1.165, 1.54) is 29.6 Å². The number of nitrogens with zero attached hydrogens (tertiary/aromatic N) is 1. The molecule has 1 aliphatic rings. The lowest BCUT2D eigenvalue weighted by molar-refractivity contribution is -0.116. The van der Waals surface area contributed by atoms with E-state index in [0.717, 1.165) is 11.6 Å². The number of benzene rings is 2. The van der Waals surface area contributed by atoms with Crippen molar-refractivity contribution in [2.75, 3.05) is 17.7 Å². The molecule has 0 aliphatic carbocycles. The smallest absolute Gasteiger partial charge is 0.250 e. The molecule has 0 saturated carbocycles. The van der Waals surface area contributed by atoms with Crippen LogP contribution < -0.4 is 15.4 Å². The Kier molecular flexibility index (Phi) is 7.04. The molecule has 2 heterocycles. The third-order valence-electron chi connectivity index (χ3n) is 5.54. The van der Waals surface area contributed by atoms with E-state index in [0.29, 0.717) is 29.9 Å². The summed E-state index contributed by atoms with van der Waals surface area (Å²) in [7, 11) is -2.55. The lowest BCUT2D eigenvalue weighted by atomic mass is 10.1. The average Bonchev–Trinajstić information content (AvgIpc) is 3.42. The number of sulfonamides is 1. The molecule has 1 aliphatic heterocycles. The molecule has 9 nitrogen and oxygen atoms in total. The SMILES string of the molecule is C=CC(=O)Nc1cc2c(o1)CN(S(=O)(=O)c1ccc(NC(=O)CCc3ccccc3)cc1OC)C2. The first-order valence-corrected chi connectivity index (χ1v) is 12.3. The second-order valence-electron chi connectivity index (χ2n) is 7.92. The highest BCUT2D eigenvalue weighted by Crippen LogP contribution is 2.36. The van der Waals surface area contributed by atoms with Crippen LogP contribution in [-0.4, -0.2) is 31.6 Å². The van der Waals surface area contributed by atoms with Crippen molar-refractivity contribution in [2.24, 2.45) is 0 Å². The van der Waals surface area contributed by atoms with Crippen LogP contribution in [-0.2, 0) is 39.1 Å². The Morgan fingerprint density at radius 1 is 1.11 bits per heavy atom. The van der Waals surface area contributed by atoms with Crippen molar-refractivity contribution in [3.8, 4) is 5.75 Å². The highest BCUT2D eigenvalue weighted by atomic mass is 32.2. The Hall–Kier alpha value is -3.89. The maximum atomic E-state index is 13.3. The molecule has 3 aromatic rings. The maximum absolute atomic E-state index is 13.3. The molecule has 0 atom stereocenters. The van der Waals surface area contributed by atoms with Gasteiger partial charge < -0.3 is 14.5 Å². The van der Waals surface area contributed by atoms with Gasteiger partial charge in [0.15, 0.2) is 5.88 Å². The molecule has 0 radical (unpaired) electrons. The van der Waals surface area contributed by atoms with Crippen LogP contribution in [0.3, 0.4) is 0 Å². The van der Waals surface area contributed by atoms with Crippen molar-refractivity contribution >= 4 is 33.4 Å². The van der Waals surface area contributed by atoms with Gasteiger partial charge in [0, 0.05) is 36.3 Å². The van der Waals surface area contributed by atoms with Gasteiger partial charge in [-0.15, -0.1) is 0 Å². The monoisotopic (exact) mass is 495 g/mol. The number of hydrogen-bond acceptors (Lipinski definition) is 6. The Balaban J connectivity index is 1.44. The van der Waals surface area contributed by atoms with Gasteiger partial charge in [0.25, 0.3) is 0 Å². The molecule has 4 rings (SSSR count). The van der Waals surface area contributed by atoms with Crippen molar-refractivity contribution in [1.29, 1.82) is 0 Å². The minimum absolute atomic E-state index is 0.0166. The summed E-state index contributed by atoms with van der Waals surface area (Å²) in [5.41, 5.74) is 2.16. The first-order chi connectivity index (χ1) is 16.8. The van der Waals surface area contributed by atoms with Crippen LogP contribution in [0, 0.1) is 0 Å². The van der Waals surface area contributed by atoms with E-state index in [9.17, 15) is 18.0 Å². The van der Waals surface area contributed by atoms with Crippen molar-refractivity contribution in [3.63, 3.8) is 0 Å². The molecule has 0 saturated heterocycles. The van der Waals surface area contributed by atoms with E-state index in [-0.39, 0.29) is 35.5 Å². The number of ether oxygens (including phenoxy) is 1. The first kappa shape index (κ1) is 24.2. The number of hydrogen-bond donors (Lipinski definition) is 2. The van der Waals surface area contributed by atoms with Gasteiger partial charge in [-0.3, -0.25) is 14.9 Å². The molecule has 0 fully saturated rings. The minimum Gasteiger partial charge on any atom is -0.495 e. The maximum Gasteiger partial charge on any atom is 0.250 e. The molecule has 182 valence electrons. The number of rotatable bonds is 9. The summed E-state index contributed by atoms with van der Waals surface area (Å²) in [5.74, 6) is 0.207. The van der Waals surface area contributed by atoms with Gasteiger partial charge >= 0.3 is 0 Å². The van der Waals surface area contributed by atoms with Crippen molar-refractivity contribution in [2.45, 2.75) is 30.8 Å². The van der Waals surface area contributed by atoms with Crippen LogP contribution in [0.1, 0.15) is 23.3 Å². The fourth-order valence-corrected chi connectivity index (χ4v) is 5.28. The van der Waals surface area contributed by atoms with E-state index in [2.05, 4.69) is 17.2 Å². The molecule has 0 bridgehead atoms. The van der Waals surface area contributed by atoms with Gasteiger partial charge in [-0.2, -0.15) is 4.31 Å². The van der Waals surface area contributed by atoms with Crippen LogP contribution in [0.5, 0.6) is 5.75 Å². The highest BCUT2D eigenvalue weighted by molar-refractivity contribution is 7.89. The molecular formula is C25H25N3O6S. The summed E-state index contributed by atoms with van der Waals surface area (Å²) in [4.78, 5) is 23.8. The Bertz CT molecular complexity index is 1340. The lowest BCUT2D eigenvalue weighted by Crippen LogP contribution is -2.26. The van der Waals surface area contributed by atoms with Crippen LogP contribution >= 0.6 is 0 Å². The van der Waals surface area contributed by atoms with Crippen molar-refractivity contribution in [1.82, 2.24) is 4.31 Å². The third kappa shape index (κ3) is 5.44. The molecular weight excluding hydrogens is 470 g/mol. The Morgan fingerprint density at radius 3 is 2.57 bits per heavy atom. The number of amides is 2. The normalized spacial score (nSPS) is 13.2. The predicted octanol–water partition coefficient (Wildman–Crippen LogP) is 3.69. The van der Waals surface area contributed by atoms with E-state index in [1.54, 1.807) is 6.07 Å². The summed E-state index contributed by atoms with van der Waals surface area (Å²) < 4.78 is 38.8. The van der Waals surface area contributed by atoms with Gasteiger partial charge in [0.1, 0.15) is 16.4 Å². The van der Waals surface area contributed by atoms with E-state index < -0.39 is 15.9 Å². The number of fused-ring (bicyclic) bond motifs is 1. The summed E-state index contributed by atoms with van der Waals surface area (Å²) in [6.07, 6.45) is 2.00. The molecule has 1 aromatic heterocycles. The van der Waals surface area contributed by atoms with E-state index in [4.69, 9.17) is 9.15 Å². The largest absolute Gasteiger partial charge is 0.495 e. The topological polar surface area (TPSA) is 118 Å². The quantitative estimate of drug-likeness (QED) is 0.437. The molecule has 0 spiro atoms. The minimum atomic E-state index is -3.92. The van der Waals surface area contributed by atoms with Gasteiger partial charge in [0.2, 0.25) is 21.8 Å². The number of nitrogens with one attached hydrogen (secondary N) is 2. The zero-order valence-corrected chi connectivity index (χ0v) is 19.9. The molecule has 0 unspecified atom stereocenters. The summed E-state index contributed by atoms with van der Waals surface area (Å²) in [6.45, 7) is 3.49. The van der Waals surface area contributed by atoms with Gasteiger partial charge in [0.05, 0.1) is 13.7 Å². The van der Waals surface area contributed by atoms with Gasteiger partial charge in [-0.25, -0.2) is 8.42 Å². The first-order valence-electron chi connectivity index (χ1n) is 10.9. The van der Waals surface area contributed by atoms with Crippen molar-refractivity contribution in [3.05, 3.63) is 84.1 Å². The Morgan fingerprint density at radius 2 is 1.89 bits per heavy atom. The zero-order chi connectivity index (χ0) is 25.0. The molecule has 2 N–H and O–H groups in total. The van der Waals surface area contributed by atoms with E-state index >= 15 is 0 Å². The molecule has 10 heteroatoms. The average molecular weight is 496 g/mol. The fraction of sp³-hybridized carbons (Fsp3) is 0.200. The number of methoxy groups -OCH3 is 1. The number of anilines is 2. The highest BCUT2D eigenvalue weighted by Gasteiger charge is 2.35. The van der Waals surface area contributed by atoms with Crippen LogP contribution in [0.2, 0.25) is 0 Å². The third-order valence-corrected chi connectivity index (χ3v) is 7.37. The number of furan rings is 1. The summed E-state index contributed by atoms with van der Waals surface area (Å²) in [5, 5.41) is 5.31. The predicted molar refractivity (Wildman–Crippen MR) is 130 cm³/mol. The van der Waals surface area contributed by atoms with Crippen LogP contribution in [0.15, 0.2) is 76.6 Å². The standard InChI is InChI=1S/C25H25N3O6S/c1-3-23(29)27-25-13-18-15-28(16-21(18)34-25)35(31,32)22-11-10-19(14-20(22)33-2)26-24(30)12-9-17-7-5-4-6-8-17/h3-8,10-11,13-14H,1,9,12,15-16H2,2H3,(H,26,30)(H,27,29). The zero-order valence-electron chi connectivity index (χ0n) is 19.1. The van der Waals surface area contributed by atoms with Crippen LogP contribution in [0.4, 0.5) is 11.6 Å². The summed E-state index contributed by atoms with van der Waals surface area (Å²) >= 11 is 0. The molecule has 35 heavy (non-hydrogen) atoms. The lowest BCUT2D eigenvalue weighted by Gasteiger charge is -2.18. The number of aryl methyl sites for hydroxylation is 1. The number of carbonyl (C=O) groups is 2.